The summed E-state index contributed by atoms with van der Waals surface area (Å²) in [6.07, 6.45) is 0. The molecular formula is C15H11Cl2NO2. The highest BCUT2D eigenvalue weighted by Gasteiger charge is 2.07. The molecule has 0 fully saturated rings. The average Bonchev–Trinajstić information content (AvgIpc) is 2.48. The monoisotopic (exact) mass is 307 g/mol. The van der Waals surface area contributed by atoms with Gasteiger partial charge in [-0.2, -0.15) is 5.26 Å². The number of benzene rings is 2. The van der Waals surface area contributed by atoms with E-state index in [1.807, 2.05) is 6.07 Å². The van der Waals surface area contributed by atoms with Crippen molar-refractivity contribution in [3.05, 3.63) is 57.6 Å². The molecule has 0 bridgehead atoms. The third-order valence-corrected chi connectivity index (χ3v) is 3.53. The molecule has 0 spiro atoms. The molecule has 0 unspecified atom stereocenters. The van der Waals surface area contributed by atoms with Crippen LogP contribution < -0.4 is 9.47 Å². The molecule has 2 aromatic carbocycles. The summed E-state index contributed by atoms with van der Waals surface area (Å²) in [4.78, 5) is 0. The van der Waals surface area contributed by atoms with Crippen LogP contribution in [0.2, 0.25) is 10.0 Å². The van der Waals surface area contributed by atoms with Gasteiger partial charge in [0.1, 0.15) is 18.1 Å². The van der Waals surface area contributed by atoms with Crippen molar-refractivity contribution >= 4 is 23.2 Å². The van der Waals surface area contributed by atoms with Gasteiger partial charge in [-0.1, -0.05) is 35.3 Å². The number of hydrogen-bond acceptors (Lipinski definition) is 3. The Hall–Kier alpha value is -1.89. The Labute approximate surface area is 127 Å². The third kappa shape index (κ3) is 3.36. The van der Waals surface area contributed by atoms with E-state index in [4.69, 9.17) is 37.9 Å². The van der Waals surface area contributed by atoms with Crippen molar-refractivity contribution in [2.24, 2.45) is 0 Å². The second-order valence-electron chi connectivity index (χ2n) is 4.01. The predicted octanol–water partition coefficient (Wildman–Crippen LogP) is 4.45. The minimum Gasteiger partial charge on any atom is -0.497 e. The molecule has 0 saturated heterocycles. The molecule has 0 saturated carbocycles. The van der Waals surface area contributed by atoms with Gasteiger partial charge in [-0.05, 0) is 18.2 Å². The molecular weight excluding hydrogens is 297 g/mol. The lowest BCUT2D eigenvalue weighted by Crippen LogP contribution is -1.97. The Kier molecular flexibility index (Phi) is 4.73. The van der Waals surface area contributed by atoms with Crippen LogP contribution in [-0.2, 0) is 6.61 Å². The zero-order valence-electron chi connectivity index (χ0n) is 10.7. The molecule has 0 aliphatic heterocycles. The van der Waals surface area contributed by atoms with E-state index in [2.05, 4.69) is 6.07 Å². The van der Waals surface area contributed by atoms with Crippen molar-refractivity contribution in [3.8, 4) is 17.6 Å². The number of hydrogen-bond donors (Lipinski definition) is 0. The van der Waals surface area contributed by atoms with Crippen molar-refractivity contribution in [1.82, 2.24) is 0 Å². The summed E-state index contributed by atoms with van der Waals surface area (Å²) in [7, 11) is 1.54. The molecule has 102 valence electrons. The smallest absolute Gasteiger partial charge is 0.124 e. The van der Waals surface area contributed by atoms with Gasteiger partial charge in [0.05, 0.1) is 28.8 Å². The van der Waals surface area contributed by atoms with Gasteiger partial charge < -0.3 is 9.47 Å². The maximum absolute atomic E-state index is 8.95. The fraction of sp³-hybridized carbons (Fsp3) is 0.133. The molecule has 3 nitrogen and oxygen atoms in total. The lowest BCUT2D eigenvalue weighted by Gasteiger charge is -2.10. The maximum Gasteiger partial charge on any atom is 0.124 e. The van der Waals surface area contributed by atoms with Gasteiger partial charge in [-0.3, -0.25) is 0 Å². The molecule has 20 heavy (non-hydrogen) atoms. The Morgan fingerprint density at radius 2 is 1.90 bits per heavy atom. The van der Waals surface area contributed by atoms with Crippen LogP contribution in [0.15, 0.2) is 36.4 Å². The first kappa shape index (κ1) is 14.5. The number of nitrogens with zero attached hydrogens (tertiary/aromatic N) is 1. The van der Waals surface area contributed by atoms with Gasteiger partial charge in [0.15, 0.2) is 0 Å². The Morgan fingerprint density at radius 3 is 2.60 bits per heavy atom. The highest BCUT2D eigenvalue weighted by molar-refractivity contribution is 6.42. The molecule has 0 atom stereocenters. The van der Waals surface area contributed by atoms with E-state index in [0.717, 1.165) is 5.56 Å². The molecule has 0 heterocycles. The third-order valence-electron chi connectivity index (χ3n) is 2.67. The van der Waals surface area contributed by atoms with Crippen LogP contribution in [0, 0.1) is 11.3 Å². The van der Waals surface area contributed by atoms with E-state index in [1.165, 1.54) is 7.11 Å². The van der Waals surface area contributed by atoms with Crippen molar-refractivity contribution in [2.75, 3.05) is 7.11 Å². The topological polar surface area (TPSA) is 42.2 Å². The number of nitriles is 1. The zero-order chi connectivity index (χ0) is 14.5. The summed E-state index contributed by atoms with van der Waals surface area (Å²) in [6, 6.07) is 12.4. The normalized spacial score (nSPS) is 9.90. The van der Waals surface area contributed by atoms with Crippen molar-refractivity contribution in [1.29, 1.82) is 5.26 Å². The summed E-state index contributed by atoms with van der Waals surface area (Å²) in [6.45, 7) is 0.261. The largest absolute Gasteiger partial charge is 0.497 e. The second kappa shape index (κ2) is 6.51. The number of rotatable bonds is 4. The summed E-state index contributed by atoms with van der Waals surface area (Å²) in [5.41, 5.74) is 1.25. The number of ether oxygens (including phenoxy) is 2. The second-order valence-corrected chi connectivity index (χ2v) is 4.80. The molecule has 0 aliphatic rings. The van der Waals surface area contributed by atoms with Crippen LogP contribution in [0.4, 0.5) is 0 Å². The molecule has 0 N–H and O–H groups in total. The Bertz CT molecular complexity index is 665. The van der Waals surface area contributed by atoms with Crippen molar-refractivity contribution in [3.63, 3.8) is 0 Å². The van der Waals surface area contributed by atoms with Gasteiger partial charge in [-0.15, -0.1) is 0 Å². The van der Waals surface area contributed by atoms with Gasteiger partial charge >= 0.3 is 0 Å². The highest BCUT2D eigenvalue weighted by Crippen LogP contribution is 2.28. The lowest BCUT2D eigenvalue weighted by molar-refractivity contribution is 0.303. The fourth-order valence-electron chi connectivity index (χ4n) is 1.66. The number of halogens is 2. The Morgan fingerprint density at radius 1 is 1.15 bits per heavy atom. The molecule has 0 radical (unpaired) electrons. The molecule has 2 rings (SSSR count). The minimum absolute atomic E-state index is 0.261. The average molecular weight is 308 g/mol. The Balaban J connectivity index is 2.19. The van der Waals surface area contributed by atoms with Crippen LogP contribution in [-0.4, -0.2) is 7.11 Å². The first-order valence-electron chi connectivity index (χ1n) is 5.79. The van der Waals surface area contributed by atoms with E-state index >= 15 is 0 Å². The molecule has 5 heteroatoms. The van der Waals surface area contributed by atoms with Crippen LogP contribution in [0.1, 0.15) is 11.1 Å². The van der Waals surface area contributed by atoms with Crippen LogP contribution in [0.3, 0.4) is 0 Å². The van der Waals surface area contributed by atoms with Crippen LogP contribution in [0.25, 0.3) is 0 Å². The van der Waals surface area contributed by atoms with Gasteiger partial charge in [0.25, 0.3) is 0 Å². The van der Waals surface area contributed by atoms with Gasteiger partial charge in [0.2, 0.25) is 0 Å². The quantitative estimate of drug-likeness (QED) is 0.838. The molecule has 2 aromatic rings. The molecule has 0 aromatic heterocycles. The summed E-state index contributed by atoms with van der Waals surface area (Å²) < 4.78 is 10.8. The van der Waals surface area contributed by atoms with E-state index in [9.17, 15) is 0 Å². The van der Waals surface area contributed by atoms with E-state index in [1.54, 1.807) is 30.3 Å². The first-order valence-corrected chi connectivity index (χ1v) is 6.54. The minimum atomic E-state index is 0.261. The van der Waals surface area contributed by atoms with E-state index < -0.39 is 0 Å². The van der Waals surface area contributed by atoms with E-state index in [-0.39, 0.29) is 6.61 Å². The van der Waals surface area contributed by atoms with E-state index in [0.29, 0.717) is 27.1 Å². The lowest BCUT2D eigenvalue weighted by atomic mass is 10.2. The standard InChI is InChI=1S/C15H11Cl2NO2/c1-19-12-5-10(8-18)6-13(7-12)20-9-11-3-2-4-14(16)15(11)17/h2-7H,9H2,1H3. The zero-order valence-corrected chi connectivity index (χ0v) is 12.2. The summed E-state index contributed by atoms with van der Waals surface area (Å²) in [5.74, 6) is 1.10. The summed E-state index contributed by atoms with van der Waals surface area (Å²) >= 11 is 12.0. The maximum atomic E-state index is 8.95. The highest BCUT2D eigenvalue weighted by atomic mass is 35.5. The predicted molar refractivity (Wildman–Crippen MR) is 78.5 cm³/mol. The molecule has 0 amide bonds. The van der Waals surface area contributed by atoms with Gasteiger partial charge in [-0.25, -0.2) is 0 Å². The molecule has 0 aliphatic carbocycles. The van der Waals surface area contributed by atoms with Gasteiger partial charge in [0, 0.05) is 11.6 Å². The first-order chi connectivity index (χ1) is 9.63. The summed E-state index contributed by atoms with van der Waals surface area (Å²) in [5, 5.41) is 9.90. The van der Waals surface area contributed by atoms with Crippen LogP contribution in [0.5, 0.6) is 11.5 Å². The van der Waals surface area contributed by atoms with Crippen LogP contribution >= 0.6 is 23.2 Å². The SMILES string of the molecule is COc1cc(C#N)cc(OCc2cccc(Cl)c2Cl)c1. The van der Waals surface area contributed by atoms with Crippen molar-refractivity contribution < 1.29 is 9.47 Å². The number of methoxy groups -OCH3 is 1. The fourth-order valence-corrected chi connectivity index (χ4v) is 2.03. The van der Waals surface area contributed by atoms with Crippen molar-refractivity contribution in [2.45, 2.75) is 6.61 Å².